The number of carbonyl (C=O) groups is 1. The molecule has 0 spiro atoms. The quantitative estimate of drug-likeness (QED) is 0.858. The van der Waals surface area contributed by atoms with Crippen LogP contribution >= 0.6 is 0 Å². The molecule has 1 saturated heterocycles. The Morgan fingerprint density at radius 2 is 2.29 bits per heavy atom. The van der Waals surface area contributed by atoms with Crippen LogP contribution < -0.4 is 4.74 Å². The number of rotatable bonds is 4. The largest absolute Gasteiger partial charge is 0.448 e. The first-order chi connectivity index (χ1) is 11.5. The maximum atomic E-state index is 12.5. The van der Waals surface area contributed by atoms with Gasteiger partial charge in [-0.15, -0.1) is 0 Å². The molecule has 1 aromatic heterocycles. The van der Waals surface area contributed by atoms with Gasteiger partial charge in [-0.05, 0) is 24.6 Å². The average molecular weight is 338 g/mol. The van der Waals surface area contributed by atoms with Gasteiger partial charge in [-0.3, -0.25) is 4.79 Å². The predicted molar refractivity (Wildman–Crippen MR) is 78.9 cm³/mol. The minimum absolute atomic E-state index is 0.0573. The molecule has 0 bridgehead atoms. The van der Waals surface area contributed by atoms with Gasteiger partial charge in [0, 0.05) is 6.54 Å². The monoisotopic (exact) mass is 338 g/mol. The number of ether oxygens (including phenoxy) is 2. The molecule has 1 amide bonds. The zero-order valence-electron chi connectivity index (χ0n) is 12.9. The summed E-state index contributed by atoms with van der Waals surface area (Å²) in [5.41, 5.74) is 0.938. The van der Waals surface area contributed by atoms with E-state index in [2.05, 4.69) is 9.72 Å². The lowest BCUT2D eigenvalue weighted by molar-refractivity contribution is -0.0504. The van der Waals surface area contributed by atoms with Crippen LogP contribution in [-0.2, 0) is 4.74 Å². The molecule has 2 heterocycles. The van der Waals surface area contributed by atoms with Gasteiger partial charge in [0.2, 0.25) is 0 Å². The van der Waals surface area contributed by atoms with Crippen molar-refractivity contribution in [3.63, 3.8) is 0 Å². The van der Waals surface area contributed by atoms with Gasteiger partial charge in [0.25, 0.3) is 5.91 Å². The van der Waals surface area contributed by atoms with E-state index in [1.54, 1.807) is 24.0 Å². The molecule has 0 aliphatic carbocycles. The van der Waals surface area contributed by atoms with E-state index in [4.69, 9.17) is 9.15 Å². The second-order valence-corrected chi connectivity index (χ2v) is 5.32. The first-order valence-electron chi connectivity index (χ1n) is 7.40. The van der Waals surface area contributed by atoms with E-state index in [-0.39, 0.29) is 17.4 Å². The molecule has 1 aromatic carbocycles. The van der Waals surface area contributed by atoms with Crippen LogP contribution in [0.3, 0.4) is 0 Å². The van der Waals surface area contributed by atoms with Crippen molar-refractivity contribution in [1.29, 1.82) is 0 Å². The number of aromatic nitrogens is 1. The van der Waals surface area contributed by atoms with E-state index in [9.17, 15) is 13.6 Å². The minimum atomic E-state index is -2.89. The van der Waals surface area contributed by atoms with Crippen LogP contribution in [0.5, 0.6) is 5.75 Å². The number of aryl methyl sites for hydroxylation is 1. The average Bonchev–Trinajstić information content (AvgIpc) is 3.00. The second-order valence-electron chi connectivity index (χ2n) is 5.32. The molecule has 1 fully saturated rings. The van der Waals surface area contributed by atoms with Crippen molar-refractivity contribution < 1.29 is 27.5 Å². The Bertz CT molecular complexity index is 720. The molecule has 2 aromatic rings. The molecular weight excluding hydrogens is 322 g/mol. The molecule has 6 nitrogen and oxygen atoms in total. The maximum absolute atomic E-state index is 12.5. The molecule has 1 atom stereocenters. The summed E-state index contributed by atoms with van der Waals surface area (Å²) in [7, 11) is 0. The Hall–Kier alpha value is -2.48. The lowest BCUT2D eigenvalue weighted by Gasteiger charge is -2.33. The van der Waals surface area contributed by atoms with Crippen LogP contribution in [0.1, 0.15) is 27.9 Å². The molecule has 1 aliphatic rings. The summed E-state index contributed by atoms with van der Waals surface area (Å²) in [5.74, 6) is 0.270. The van der Waals surface area contributed by atoms with Crippen LogP contribution in [0.2, 0.25) is 0 Å². The number of amides is 1. The zero-order chi connectivity index (χ0) is 17.1. The van der Waals surface area contributed by atoms with Crippen molar-refractivity contribution >= 4 is 5.91 Å². The molecule has 128 valence electrons. The van der Waals surface area contributed by atoms with Crippen LogP contribution in [0.25, 0.3) is 0 Å². The molecule has 0 N–H and O–H groups in total. The second kappa shape index (κ2) is 6.96. The number of carbonyl (C=O) groups excluding carboxylic acids is 1. The van der Waals surface area contributed by atoms with E-state index in [1.807, 2.05) is 0 Å². The highest BCUT2D eigenvalue weighted by Crippen LogP contribution is 2.27. The smallest absolute Gasteiger partial charge is 0.387 e. The Morgan fingerprint density at radius 3 is 3.00 bits per heavy atom. The first-order valence-corrected chi connectivity index (χ1v) is 7.40. The van der Waals surface area contributed by atoms with Gasteiger partial charge >= 0.3 is 6.61 Å². The zero-order valence-corrected chi connectivity index (χ0v) is 12.9. The third-order valence-electron chi connectivity index (χ3n) is 3.76. The number of halogens is 2. The van der Waals surface area contributed by atoms with Crippen LogP contribution in [0.4, 0.5) is 8.78 Å². The van der Waals surface area contributed by atoms with Crippen molar-refractivity contribution in [2.45, 2.75) is 19.6 Å². The number of nitrogens with zero attached hydrogens (tertiary/aromatic N) is 2. The number of benzene rings is 1. The summed E-state index contributed by atoms with van der Waals surface area (Å²) in [6.45, 7) is -0.157. The van der Waals surface area contributed by atoms with E-state index in [1.165, 1.54) is 18.5 Å². The summed E-state index contributed by atoms with van der Waals surface area (Å²) in [4.78, 5) is 18.0. The van der Waals surface area contributed by atoms with E-state index in [0.717, 1.165) is 0 Å². The number of hydrogen-bond donors (Lipinski definition) is 0. The molecule has 3 rings (SSSR count). The topological polar surface area (TPSA) is 64.8 Å². The van der Waals surface area contributed by atoms with Crippen LogP contribution in [0, 0.1) is 6.92 Å². The third-order valence-corrected chi connectivity index (χ3v) is 3.76. The van der Waals surface area contributed by atoms with Gasteiger partial charge in [0.05, 0.1) is 13.2 Å². The fourth-order valence-corrected chi connectivity index (χ4v) is 2.59. The summed E-state index contributed by atoms with van der Waals surface area (Å²) in [6, 6.07) is 6.30. The van der Waals surface area contributed by atoms with Gasteiger partial charge in [0.15, 0.2) is 12.1 Å². The Balaban J connectivity index is 1.74. The molecule has 24 heavy (non-hydrogen) atoms. The predicted octanol–water partition coefficient (Wildman–Crippen LogP) is 2.80. The highest BCUT2D eigenvalue weighted by Gasteiger charge is 2.28. The summed E-state index contributed by atoms with van der Waals surface area (Å²) in [6.07, 6.45) is 0.808. The molecule has 0 saturated carbocycles. The summed E-state index contributed by atoms with van der Waals surface area (Å²) in [5, 5.41) is 0. The van der Waals surface area contributed by atoms with Gasteiger partial charge < -0.3 is 18.8 Å². The highest BCUT2D eigenvalue weighted by atomic mass is 19.3. The fourth-order valence-electron chi connectivity index (χ4n) is 2.59. The molecule has 0 unspecified atom stereocenters. The minimum Gasteiger partial charge on any atom is -0.448 e. The van der Waals surface area contributed by atoms with Gasteiger partial charge in [0.1, 0.15) is 17.6 Å². The Morgan fingerprint density at radius 1 is 1.46 bits per heavy atom. The van der Waals surface area contributed by atoms with Crippen molar-refractivity contribution in [2.75, 3.05) is 19.7 Å². The van der Waals surface area contributed by atoms with Crippen molar-refractivity contribution in [3.05, 3.63) is 47.7 Å². The standard InChI is InChI=1S/C16H16F2N2O4/c1-10-14(19-9-23-10)15(21)20-5-6-22-13(8-20)11-3-2-4-12(7-11)24-16(17)18/h2-4,7,9,13,16H,5-6,8H2,1H3/t13-/m1/s1. The van der Waals surface area contributed by atoms with Crippen molar-refractivity contribution in [2.24, 2.45) is 0 Å². The number of morpholine rings is 1. The maximum Gasteiger partial charge on any atom is 0.387 e. The first kappa shape index (κ1) is 16.4. The van der Waals surface area contributed by atoms with Crippen molar-refractivity contribution in [3.8, 4) is 5.75 Å². The summed E-state index contributed by atoms with van der Waals surface area (Å²) >= 11 is 0. The Kier molecular flexibility index (Phi) is 4.75. The summed E-state index contributed by atoms with van der Waals surface area (Å²) < 4.78 is 39.8. The fraction of sp³-hybridized carbons (Fsp3) is 0.375. The lowest BCUT2D eigenvalue weighted by atomic mass is 10.1. The molecule has 1 aliphatic heterocycles. The Labute approximate surface area is 137 Å². The van der Waals surface area contributed by atoms with E-state index < -0.39 is 12.7 Å². The van der Waals surface area contributed by atoms with Gasteiger partial charge in [-0.2, -0.15) is 8.78 Å². The third kappa shape index (κ3) is 3.53. The van der Waals surface area contributed by atoms with Crippen molar-refractivity contribution in [1.82, 2.24) is 9.88 Å². The number of alkyl halides is 2. The van der Waals surface area contributed by atoms with Gasteiger partial charge in [-0.1, -0.05) is 12.1 Å². The molecule has 8 heteroatoms. The van der Waals surface area contributed by atoms with E-state index in [0.29, 0.717) is 31.0 Å². The molecular formula is C16H16F2N2O4. The van der Waals surface area contributed by atoms with Crippen LogP contribution in [0.15, 0.2) is 35.1 Å². The number of oxazole rings is 1. The lowest BCUT2D eigenvalue weighted by Crippen LogP contribution is -2.42. The highest BCUT2D eigenvalue weighted by molar-refractivity contribution is 5.93. The SMILES string of the molecule is Cc1ocnc1C(=O)N1CCO[C@@H](c2cccc(OC(F)F)c2)C1. The van der Waals surface area contributed by atoms with Gasteiger partial charge in [-0.25, -0.2) is 4.98 Å². The number of hydrogen-bond acceptors (Lipinski definition) is 5. The normalized spacial score (nSPS) is 18.0. The van der Waals surface area contributed by atoms with E-state index >= 15 is 0 Å². The van der Waals surface area contributed by atoms with Crippen LogP contribution in [-0.4, -0.2) is 42.1 Å². The molecule has 0 radical (unpaired) electrons.